The number of rotatable bonds is 15. The summed E-state index contributed by atoms with van der Waals surface area (Å²) in [5, 5.41) is 3.57. The van der Waals surface area contributed by atoms with Crippen LogP contribution in [0, 0.1) is 0 Å². The van der Waals surface area contributed by atoms with E-state index in [-0.39, 0.29) is 32.1 Å². The Balaban J connectivity index is 1.87. The van der Waals surface area contributed by atoms with E-state index < -0.39 is 10.0 Å². The molecule has 0 saturated heterocycles. The molecular weight excluding hydrogens is 515 g/mol. The van der Waals surface area contributed by atoms with Gasteiger partial charge in [0.15, 0.2) is 0 Å². The van der Waals surface area contributed by atoms with E-state index >= 15 is 0 Å². The van der Waals surface area contributed by atoms with Gasteiger partial charge in [-0.3, -0.25) is 9.52 Å². The highest BCUT2D eigenvalue weighted by Gasteiger charge is 2.20. The first-order valence-electron chi connectivity index (χ1n) is 11.8. The van der Waals surface area contributed by atoms with E-state index in [0.29, 0.717) is 11.6 Å². The number of amides is 1. The van der Waals surface area contributed by atoms with Crippen LogP contribution in [0.25, 0.3) is 0 Å². The van der Waals surface area contributed by atoms with Gasteiger partial charge in [-0.25, -0.2) is 8.42 Å². The quantitative estimate of drug-likeness (QED) is 0.221. The third-order valence-corrected chi connectivity index (χ3v) is 7.83. The minimum Gasteiger partial charge on any atom is -0.352 e. The predicted octanol–water partition coefficient (Wildman–Crippen LogP) is 8.10. The lowest BCUT2D eigenvalue weighted by molar-refractivity contribution is 0.0954. The largest absolute Gasteiger partial charge is 0.352 e. The Morgan fingerprint density at radius 3 is 2.03 bits per heavy atom. The van der Waals surface area contributed by atoms with Crippen molar-refractivity contribution in [2.24, 2.45) is 0 Å². The number of halogens is 3. The van der Waals surface area contributed by atoms with Gasteiger partial charge < -0.3 is 5.32 Å². The zero-order valence-corrected chi connectivity index (χ0v) is 22.6. The van der Waals surface area contributed by atoms with Gasteiger partial charge in [0.25, 0.3) is 15.9 Å². The van der Waals surface area contributed by atoms with Crippen LogP contribution in [-0.2, 0) is 10.0 Å². The Labute approximate surface area is 218 Å². The van der Waals surface area contributed by atoms with Crippen molar-refractivity contribution in [3.8, 4) is 0 Å². The summed E-state index contributed by atoms with van der Waals surface area (Å²) in [6.45, 7) is 2.74. The molecule has 2 aromatic rings. The smallest absolute Gasteiger partial charge is 0.261 e. The van der Waals surface area contributed by atoms with Crippen molar-refractivity contribution in [1.29, 1.82) is 0 Å². The van der Waals surface area contributed by atoms with E-state index in [1.807, 2.05) is 0 Å². The highest BCUT2D eigenvalue weighted by Crippen LogP contribution is 2.28. The van der Waals surface area contributed by atoms with Crippen LogP contribution in [0.15, 0.2) is 41.3 Å². The maximum atomic E-state index is 12.8. The summed E-state index contributed by atoms with van der Waals surface area (Å²) in [5.74, 6) is -0.384. The molecule has 0 heterocycles. The Bertz CT molecular complexity index is 1050. The topological polar surface area (TPSA) is 75.3 Å². The maximum absolute atomic E-state index is 12.8. The lowest BCUT2D eigenvalue weighted by atomic mass is 10.1. The minimum absolute atomic E-state index is 0.0615. The molecule has 5 nitrogen and oxygen atoms in total. The lowest BCUT2D eigenvalue weighted by Gasteiger charge is -2.14. The number of anilines is 1. The fourth-order valence-corrected chi connectivity index (χ4v) is 5.19. The molecule has 188 valence electrons. The molecule has 2 N–H and O–H groups in total. The molecule has 0 aromatic heterocycles. The van der Waals surface area contributed by atoms with E-state index in [2.05, 4.69) is 17.0 Å². The lowest BCUT2D eigenvalue weighted by Crippen LogP contribution is -2.26. The Morgan fingerprint density at radius 2 is 1.41 bits per heavy atom. The second-order valence-electron chi connectivity index (χ2n) is 8.31. The van der Waals surface area contributed by atoms with E-state index in [1.54, 1.807) is 0 Å². The van der Waals surface area contributed by atoms with E-state index in [9.17, 15) is 13.2 Å². The molecule has 2 aromatic carbocycles. The van der Waals surface area contributed by atoms with Crippen LogP contribution in [0.4, 0.5) is 5.69 Å². The molecule has 2 rings (SSSR count). The van der Waals surface area contributed by atoms with Gasteiger partial charge in [-0.15, -0.1) is 0 Å². The molecule has 0 aliphatic heterocycles. The standard InChI is InChI=1S/C25H33Cl3N2O3S/c1-2-3-4-5-6-7-8-9-10-11-16-29-25(31)21-17-19(26)12-15-24(21)30-34(32,33)20-13-14-22(27)23(28)18-20/h12-15,17-18,30H,2-11,16H2,1H3,(H,29,31). The summed E-state index contributed by atoms with van der Waals surface area (Å²) in [7, 11) is -3.98. The number of carbonyl (C=O) groups is 1. The molecule has 9 heteroatoms. The molecule has 0 unspecified atom stereocenters. The Kier molecular flexibility index (Phi) is 12.5. The average molecular weight is 548 g/mol. The molecule has 0 bridgehead atoms. The zero-order chi connectivity index (χ0) is 25.0. The predicted molar refractivity (Wildman–Crippen MR) is 143 cm³/mol. The van der Waals surface area contributed by atoms with Gasteiger partial charge in [0.2, 0.25) is 0 Å². The first-order valence-corrected chi connectivity index (χ1v) is 14.4. The maximum Gasteiger partial charge on any atom is 0.261 e. The van der Waals surface area contributed by atoms with Crippen LogP contribution in [0.1, 0.15) is 81.5 Å². The molecule has 1 amide bonds. The molecule has 0 aliphatic carbocycles. The number of hydrogen-bond acceptors (Lipinski definition) is 3. The molecule has 0 saturated carbocycles. The van der Waals surface area contributed by atoms with Crippen LogP contribution in [-0.4, -0.2) is 20.9 Å². The van der Waals surface area contributed by atoms with Crippen LogP contribution in [0.2, 0.25) is 15.1 Å². The van der Waals surface area contributed by atoms with Crippen molar-refractivity contribution in [1.82, 2.24) is 5.32 Å². The normalized spacial score (nSPS) is 11.4. The molecule has 0 atom stereocenters. The number of sulfonamides is 1. The van der Waals surface area contributed by atoms with E-state index in [0.717, 1.165) is 19.3 Å². The van der Waals surface area contributed by atoms with E-state index in [4.69, 9.17) is 34.8 Å². The van der Waals surface area contributed by atoms with Crippen molar-refractivity contribution in [3.05, 3.63) is 57.0 Å². The van der Waals surface area contributed by atoms with Crippen LogP contribution in [0.5, 0.6) is 0 Å². The molecule has 0 radical (unpaired) electrons. The third kappa shape index (κ3) is 9.65. The van der Waals surface area contributed by atoms with Gasteiger partial charge >= 0.3 is 0 Å². The minimum atomic E-state index is -3.98. The number of unbranched alkanes of at least 4 members (excludes halogenated alkanes) is 9. The van der Waals surface area contributed by atoms with Gasteiger partial charge in [-0.2, -0.15) is 0 Å². The van der Waals surface area contributed by atoms with Crippen LogP contribution >= 0.6 is 34.8 Å². The van der Waals surface area contributed by atoms with Crippen molar-refractivity contribution in [2.75, 3.05) is 11.3 Å². The number of hydrogen-bond donors (Lipinski definition) is 2. The first-order chi connectivity index (χ1) is 16.2. The summed E-state index contributed by atoms with van der Waals surface area (Å²) in [5.41, 5.74) is 0.291. The van der Waals surface area contributed by atoms with Crippen LogP contribution in [0.3, 0.4) is 0 Å². The van der Waals surface area contributed by atoms with Crippen molar-refractivity contribution in [2.45, 2.75) is 76.0 Å². The first kappa shape index (κ1) is 28.8. The van der Waals surface area contributed by atoms with Gasteiger partial charge in [0, 0.05) is 11.6 Å². The van der Waals surface area contributed by atoms with Crippen molar-refractivity contribution >= 4 is 56.4 Å². The number of carbonyl (C=O) groups excluding carboxylic acids is 1. The molecule has 0 spiro atoms. The Morgan fingerprint density at radius 1 is 0.794 bits per heavy atom. The van der Waals surface area contributed by atoms with Gasteiger partial charge in [0.1, 0.15) is 0 Å². The average Bonchev–Trinajstić information content (AvgIpc) is 2.80. The summed E-state index contributed by atoms with van der Waals surface area (Å²) in [6, 6.07) is 8.44. The van der Waals surface area contributed by atoms with E-state index in [1.165, 1.54) is 81.3 Å². The molecule has 34 heavy (non-hydrogen) atoms. The summed E-state index contributed by atoms with van der Waals surface area (Å²) < 4.78 is 28.1. The van der Waals surface area contributed by atoms with Crippen molar-refractivity contribution in [3.63, 3.8) is 0 Å². The van der Waals surface area contributed by atoms with Gasteiger partial charge in [-0.1, -0.05) is 99.5 Å². The highest BCUT2D eigenvalue weighted by molar-refractivity contribution is 7.92. The Hall–Kier alpha value is -1.47. The fraction of sp³-hybridized carbons (Fsp3) is 0.480. The summed E-state index contributed by atoms with van der Waals surface area (Å²) in [6.07, 6.45) is 12.1. The van der Waals surface area contributed by atoms with Crippen LogP contribution < -0.4 is 10.0 Å². The van der Waals surface area contributed by atoms with Crippen molar-refractivity contribution < 1.29 is 13.2 Å². The SMILES string of the molecule is CCCCCCCCCCCCNC(=O)c1cc(Cl)ccc1NS(=O)(=O)c1ccc(Cl)c(Cl)c1. The molecule has 0 fully saturated rings. The van der Waals surface area contributed by atoms with Gasteiger partial charge in [0.05, 0.1) is 26.2 Å². The summed E-state index contributed by atoms with van der Waals surface area (Å²) in [4.78, 5) is 12.7. The number of nitrogens with one attached hydrogen (secondary N) is 2. The fourth-order valence-electron chi connectivity index (χ4n) is 3.55. The molecular formula is C25H33Cl3N2O3S. The molecule has 0 aliphatic rings. The summed E-state index contributed by atoms with van der Waals surface area (Å²) >= 11 is 17.9. The second-order valence-corrected chi connectivity index (χ2v) is 11.2. The zero-order valence-electron chi connectivity index (χ0n) is 19.5. The number of benzene rings is 2. The second kappa shape index (κ2) is 14.8. The third-order valence-electron chi connectivity index (χ3n) is 5.49. The highest BCUT2D eigenvalue weighted by atomic mass is 35.5. The van der Waals surface area contributed by atoms with Gasteiger partial charge in [-0.05, 0) is 42.8 Å². The monoisotopic (exact) mass is 546 g/mol.